The summed E-state index contributed by atoms with van der Waals surface area (Å²) >= 11 is 0. The molecule has 1 heterocycles. The van der Waals surface area contributed by atoms with Gasteiger partial charge in [-0.1, -0.05) is 0 Å². The van der Waals surface area contributed by atoms with E-state index in [-0.39, 0.29) is 0 Å². The lowest BCUT2D eigenvalue weighted by Crippen LogP contribution is -2.22. The summed E-state index contributed by atoms with van der Waals surface area (Å²) in [5.41, 5.74) is -4.87. The maximum Gasteiger partial charge on any atom is 0.420 e. The van der Waals surface area contributed by atoms with Gasteiger partial charge in [-0.3, -0.25) is 4.79 Å². The quantitative estimate of drug-likeness (QED) is 0.676. The van der Waals surface area contributed by atoms with E-state index in [9.17, 15) is 22.4 Å². The molecular weight excluding hydrogens is 216 g/mol. The highest BCUT2D eigenvalue weighted by Crippen LogP contribution is 2.33. The fraction of sp³-hybridized carbons (Fsp3) is 0.250. The van der Waals surface area contributed by atoms with Crippen molar-refractivity contribution >= 4 is 0 Å². The molecule has 0 aliphatic rings. The van der Waals surface area contributed by atoms with E-state index in [1.54, 1.807) is 0 Å². The Balaban J connectivity index is 3.77. The minimum absolute atomic E-state index is 0.550. The molecule has 0 bridgehead atoms. The van der Waals surface area contributed by atoms with Gasteiger partial charge in [-0.15, -0.1) is 0 Å². The van der Waals surface area contributed by atoms with E-state index >= 15 is 0 Å². The van der Waals surface area contributed by atoms with Crippen LogP contribution in [0.25, 0.3) is 0 Å². The van der Waals surface area contributed by atoms with Gasteiger partial charge in [-0.2, -0.15) is 18.4 Å². The van der Waals surface area contributed by atoms with Crippen molar-refractivity contribution in [3.63, 3.8) is 0 Å². The zero-order valence-corrected chi connectivity index (χ0v) is 7.37. The molecule has 0 aliphatic carbocycles. The second kappa shape index (κ2) is 3.38. The van der Waals surface area contributed by atoms with E-state index < -0.39 is 34.4 Å². The molecule has 0 aromatic carbocycles. The second-order valence-corrected chi connectivity index (χ2v) is 2.75. The molecule has 80 valence electrons. The van der Waals surface area contributed by atoms with Crippen LogP contribution in [0, 0.1) is 24.1 Å². The number of rotatable bonds is 0. The number of H-pyrrole nitrogens is 1. The summed E-state index contributed by atoms with van der Waals surface area (Å²) in [4.78, 5) is 12.8. The molecule has 0 unspecified atom stereocenters. The van der Waals surface area contributed by atoms with Crippen molar-refractivity contribution < 1.29 is 17.6 Å². The molecule has 7 heteroatoms. The third-order valence-electron chi connectivity index (χ3n) is 1.72. The third-order valence-corrected chi connectivity index (χ3v) is 1.72. The summed E-state index contributed by atoms with van der Waals surface area (Å²) < 4.78 is 50.0. The van der Waals surface area contributed by atoms with Crippen molar-refractivity contribution in [3.8, 4) is 6.07 Å². The number of halogens is 4. The van der Waals surface area contributed by atoms with Gasteiger partial charge in [0.2, 0.25) is 0 Å². The van der Waals surface area contributed by atoms with Gasteiger partial charge < -0.3 is 4.98 Å². The number of nitriles is 1. The average molecular weight is 220 g/mol. The maximum absolute atomic E-state index is 13.1. The number of pyridine rings is 1. The summed E-state index contributed by atoms with van der Waals surface area (Å²) in [7, 11) is 0. The molecule has 0 atom stereocenters. The van der Waals surface area contributed by atoms with Gasteiger partial charge in [-0.25, -0.2) is 4.39 Å². The first-order valence-corrected chi connectivity index (χ1v) is 3.68. The monoisotopic (exact) mass is 220 g/mol. The first-order valence-electron chi connectivity index (χ1n) is 3.68. The Morgan fingerprint density at radius 2 is 1.93 bits per heavy atom. The van der Waals surface area contributed by atoms with E-state index in [0.29, 0.717) is 0 Å². The van der Waals surface area contributed by atoms with Crippen LogP contribution in [-0.2, 0) is 6.18 Å². The van der Waals surface area contributed by atoms with Crippen molar-refractivity contribution in [3.05, 3.63) is 33.0 Å². The molecule has 0 aliphatic heterocycles. The van der Waals surface area contributed by atoms with Crippen molar-refractivity contribution in [2.75, 3.05) is 0 Å². The summed E-state index contributed by atoms with van der Waals surface area (Å²) in [6.07, 6.45) is -5.06. The molecule has 3 nitrogen and oxygen atoms in total. The van der Waals surface area contributed by atoms with E-state index in [1.807, 2.05) is 4.98 Å². The summed E-state index contributed by atoms with van der Waals surface area (Å²) in [5, 5.41) is 8.34. The average Bonchev–Trinajstić information content (AvgIpc) is 2.08. The zero-order valence-electron chi connectivity index (χ0n) is 7.37. The predicted molar refractivity (Wildman–Crippen MR) is 41.5 cm³/mol. The Morgan fingerprint density at radius 3 is 2.33 bits per heavy atom. The number of hydrogen-bond acceptors (Lipinski definition) is 2. The Hall–Kier alpha value is -1.84. The molecule has 1 aromatic rings. The van der Waals surface area contributed by atoms with Crippen LogP contribution in [0.1, 0.15) is 16.8 Å². The standard InChI is InChI=1S/C8H4F4N2O/c1-3-6(9)5(8(10,11)12)4(2-13)7(15)14-3/h1H3,(H,14,15). The second-order valence-electron chi connectivity index (χ2n) is 2.75. The molecular formula is C8H4F4N2O. The highest BCUT2D eigenvalue weighted by Gasteiger charge is 2.39. The summed E-state index contributed by atoms with van der Waals surface area (Å²) in [5.74, 6) is -1.63. The van der Waals surface area contributed by atoms with E-state index in [0.717, 1.165) is 13.0 Å². The van der Waals surface area contributed by atoms with Crippen LogP contribution >= 0.6 is 0 Å². The Kier molecular flexibility index (Phi) is 2.53. The highest BCUT2D eigenvalue weighted by molar-refractivity contribution is 5.39. The van der Waals surface area contributed by atoms with Crippen molar-refractivity contribution in [2.45, 2.75) is 13.1 Å². The number of alkyl halides is 3. The van der Waals surface area contributed by atoms with E-state index in [2.05, 4.69) is 0 Å². The third kappa shape index (κ3) is 1.83. The molecule has 0 amide bonds. The molecule has 0 saturated carbocycles. The van der Waals surface area contributed by atoms with Crippen LogP contribution in [0.15, 0.2) is 4.79 Å². The number of aryl methyl sites for hydroxylation is 1. The molecule has 15 heavy (non-hydrogen) atoms. The molecule has 1 aromatic heterocycles. The van der Waals surface area contributed by atoms with Crippen LogP contribution in [0.5, 0.6) is 0 Å². The predicted octanol–water partition coefficient (Wildman–Crippen LogP) is 1.71. The van der Waals surface area contributed by atoms with Gasteiger partial charge in [0.1, 0.15) is 17.2 Å². The molecule has 1 rings (SSSR count). The molecule has 0 fully saturated rings. The zero-order chi connectivity index (χ0) is 11.8. The number of aromatic nitrogens is 1. The Labute approximate surface area is 81.0 Å². The van der Waals surface area contributed by atoms with Gasteiger partial charge >= 0.3 is 6.18 Å². The molecule has 0 spiro atoms. The van der Waals surface area contributed by atoms with Crippen LogP contribution in [-0.4, -0.2) is 4.98 Å². The van der Waals surface area contributed by atoms with Gasteiger partial charge in [0.15, 0.2) is 5.82 Å². The minimum Gasteiger partial charge on any atom is -0.322 e. The van der Waals surface area contributed by atoms with E-state index in [1.165, 1.54) is 0 Å². The van der Waals surface area contributed by atoms with Crippen LogP contribution in [0.4, 0.5) is 17.6 Å². The van der Waals surface area contributed by atoms with Crippen molar-refractivity contribution in [1.82, 2.24) is 4.98 Å². The minimum atomic E-state index is -5.06. The number of nitrogens with one attached hydrogen (secondary N) is 1. The van der Waals surface area contributed by atoms with Crippen LogP contribution < -0.4 is 5.56 Å². The number of hydrogen-bond donors (Lipinski definition) is 1. The highest BCUT2D eigenvalue weighted by atomic mass is 19.4. The van der Waals surface area contributed by atoms with Crippen LogP contribution in [0.2, 0.25) is 0 Å². The van der Waals surface area contributed by atoms with Crippen molar-refractivity contribution in [2.24, 2.45) is 0 Å². The van der Waals surface area contributed by atoms with Gasteiger partial charge in [0, 0.05) is 0 Å². The van der Waals surface area contributed by atoms with Crippen molar-refractivity contribution in [1.29, 1.82) is 5.26 Å². The van der Waals surface area contributed by atoms with E-state index in [4.69, 9.17) is 5.26 Å². The Morgan fingerprint density at radius 1 is 1.40 bits per heavy atom. The number of aromatic amines is 1. The largest absolute Gasteiger partial charge is 0.420 e. The lowest BCUT2D eigenvalue weighted by molar-refractivity contribution is -0.140. The molecule has 1 N–H and O–H groups in total. The van der Waals surface area contributed by atoms with Crippen LogP contribution in [0.3, 0.4) is 0 Å². The van der Waals surface area contributed by atoms with Gasteiger partial charge in [0.05, 0.1) is 5.69 Å². The number of nitrogens with zero attached hydrogens (tertiary/aromatic N) is 1. The fourth-order valence-corrected chi connectivity index (χ4v) is 1.07. The topological polar surface area (TPSA) is 56.6 Å². The lowest BCUT2D eigenvalue weighted by atomic mass is 10.1. The normalized spacial score (nSPS) is 11.2. The summed E-state index contributed by atoms with van der Waals surface area (Å²) in [6, 6.07) is 1.03. The first kappa shape index (κ1) is 11.2. The smallest absolute Gasteiger partial charge is 0.322 e. The SMILES string of the molecule is Cc1[nH]c(=O)c(C#N)c(C(F)(F)F)c1F. The lowest BCUT2D eigenvalue weighted by Gasteiger charge is -2.10. The molecule has 0 saturated heterocycles. The van der Waals surface area contributed by atoms with Gasteiger partial charge in [0.25, 0.3) is 5.56 Å². The molecule has 0 radical (unpaired) electrons. The first-order chi connectivity index (χ1) is 6.79. The van der Waals surface area contributed by atoms with Gasteiger partial charge in [-0.05, 0) is 6.92 Å². The maximum atomic E-state index is 13.1. The fourth-order valence-electron chi connectivity index (χ4n) is 1.07. The summed E-state index contributed by atoms with van der Waals surface area (Å²) in [6.45, 7) is 0.979. The Bertz CT molecular complexity index is 495.